The Hall–Kier alpha value is -2.02. The summed E-state index contributed by atoms with van der Waals surface area (Å²) < 4.78 is 0. The quantitative estimate of drug-likeness (QED) is 0.854. The zero-order valence-electron chi connectivity index (χ0n) is 11.9. The molecule has 1 aromatic rings. The number of aryl methyl sites for hydroxylation is 1. The van der Waals surface area contributed by atoms with Crippen LogP contribution in [0.25, 0.3) is 0 Å². The summed E-state index contributed by atoms with van der Waals surface area (Å²) in [7, 11) is 0. The zero-order chi connectivity index (χ0) is 14.3. The molecule has 1 aromatic carbocycles. The average molecular weight is 259 g/mol. The fraction of sp³-hybridized carbons (Fsp3) is 0.467. The van der Waals surface area contributed by atoms with Crippen LogP contribution in [0.15, 0.2) is 18.2 Å². The van der Waals surface area contributed by atoms with Crippen molar-refractivity contribution < 1.29 is 4.79 Å². The van der Waals surface area contributed by atoms with Crippen molar-refractivity contribution in [3.05, 3.63) is 29.3 Å². The average Bonchev–Trinajstić information content (AvgIpc) is 2.41. The van der Waals surface area contributed by atoms with Crippen molar-refractivity contribution in [2.75, 3.05) is 25.0 Å². The molecule has 0 aliphatic heterocycles. The van der Waals surface area contributed by atoms with E-state index in [0.29, 0.717) is 18.5 Å². The Morgan fingerprint density at radius 2 is 2.05 bits per heavy atom. The molecule has 19 heavy (non-hydrogen) atoms. The molecule has 0 aliphatic carbocycles. The number of amides is 1. The van der Waals surface area contributed by atoms with Gasteiger partial charge in [0.05, 0.1) is 11.3 Å². The highest BCUT2D eigenvalue weighted by atomic mass is 16.2. The summed E-state index contributed by atoms with van der Waals surface area (Å²) in [6.45, 7) is 7.93. The number of carbonyl (C=O) groups is 1. The molecule has 0 radical (unpaired) electrons. The molecule has 0 spiro atoms. The first kappa shape index (κ1) is 15.0. The monoisotopic (exact) mass is 259 g/mol. The minimum Gasteiger partial charge on any atom is -0.383 e. The topological polar surface area (TPSA) is 56.1 Å². The molecule has 0 aromatic heterocycles. The van der Waals surface area contributed by atoms with E-state index >= 15 is 0 Å². The second kappa shape index (κ2) is 7.42. The first-order chi connectivity index (χ1) is 9.12. The molecule has 0 fully saturated rings. The van der Waals surface area contributed by atoms with Gasteiger partial charge in [0.25, 0.3) is 0 Å². The van der Waals surface area contributed by atoms with Crippen LogP contribution in [0, 0.1) is 18.3 Å². The number of hydrogen-bond donors (Lipinski definition) is 1. The van der Waals surface area contributed by atoms with Gasteiger partial charge >= 0.3 is 0 Å². The molecule has 0 unspecified atom stereocenters. The lowest BCUT2D eigenvalue weighted by atomic mass is 10.1. The first-order valence-corrected chi connectivity index (χ1v) is 6.64. The molecular weight excluding hydrogens is 238 g/mol. The smallest absolute Gasteiger partial charge is 0.224 e. The van der Waals surface area contributed by atoms with Crippen molar-refractivity contribution in [1.82, 2.24) is 4.90 Å². The van der Waals surface area contributed by atoms with Crippen LogP contribution in [0.3, 0.4) is 0 Å². The van der Waals surface area contributed by atoms with Gasteiger partial charge in [-0.05, 0) is 38.5 Å². The van der Waals surface area contributed by atoms with E-state index in [1.54, 1.807) is 0 Å². The Balaban J connectivity index is 2.54. The van der Waals surface area contributed by atoms with E-state index in [1.807, 2.05) is 43.9 Å². The summed E-state index contributed by atoms with van der Waals surface area (Å²) in [6, 6.07) is 7.84. The molecule has 0 heterocycles. The molecule has 102 valence electrons. The summed E-state index contributed by atoms with van der Waals surface area (Å²) in [5, 5.41) is 12.2. The van der Waals surface area contributed by atoms with Gasteiger partial charge < -0.3 is 10.2 Å². The van der Waals surface area contributed by atoms with Crippen molar-refractivity contribution in [2.24, 2.45) is 0 Å². The van der Waals surface area contributed by atoms with Crippen LogP contribution in [0.4, 0.5) is 5.69 Å². The van der Waals surface area contributed by atoms with Gasteiger partial charge in [-0.15, -0.1) is 0 Å². The second-order valence-corrected chi connectivity index (χ2v) is 4.40. The maximum atomic E-state index is 11.8. The minimum atomic E-state index is 0.142. The highest BCUT2D eigenvalue weighted by Gasteiger charge is 2.09. The zero-order valence-corrected chi connectivity index (χ0v) is 11.9. The summed E-state index contributed by atoms with van der Waals surface area (Å²) in [5.74, 6) is 0.142. The fourth-order valence-electron chi connectivity index (χ4n) is 1.94. The van der Waals surface area contributed by atoms with E-state index in [0.717, 1.165) is 24.3 Å². The molecule has 0 aliphatic rings. The Morgan fingerprint density at radius 1 is 1.37 bits per heavy atom. The third-order valence-corrected chi connectivity index (χ3v) is 3.07. The molecule has 4 nitrogen and oxygen atoms in total. The van der Waals surface area contributed by atoms with E-state index in [1.165, 1.54) is 0 Å². The number of nitrogens with one attached hydrogen (secondary N) is 1. The summed E-state index contributed by atoms with van der Waals surface area (Å²) in [6.07, 6.45) is 0.445. The summed E-state index contributed by atoms with van der Waals surface area (Å²) in [4.78, 5) is 13.6. The highest BCUT2D eigenvalue weighted by Crippen LogP contribution is 2.16. The minimum absolute atomic E-state index is 0.142. The Morgan fingerprint density at radius 3 is 2.63 bits per heavy atom. The van der Waals surface area contributed by atoms with E-state index in [2.05, 4.69) is 11.4 Å². The van der Waals surface area contributed by atoms with Crippen LogP contribution < -0.4 is 5.32 Å². The Kier molecular flexibility index (Phi) is 5.87. The van der Waals surface area contributed by atoms with Crippen molar-refractivity contribution in [1.29, 1.82) is 5.26 Å². The van der Waals surface area contributed by atoms with Crippen molar-refractivity contribution in [2.45, 2.75) is 27.2 Å². The maximum Gasteiger partial charge on any atom is 0.224 e. The second-order valence-electron chi connectivity index (χ2n) is 4.40. The lowest BCUT2D eigenvalue weighted by Crippen LogP contribution is -2.31. The third kappa shape index (κ3) is 4.29. The van der Waals surface area contributed by atoms with Crippen LogP contribution in [-0.4, -0.2) is 30.4 Å². The van der Waals surface area contributed by atoms with Crippen LogP contribution in [0.2, 0.25) is 0 Å². The fourth-order valence-corrected chi connectivity index (χ4v) is 1.94. The van der Waals surface area contributed by atoms with E-state index in [9.17, 15) is 4.79 Å². The SMILES string of the molecule is CCN(CC)C(=O)CCNc1ccc(C)cc1C#N. The molecular formula is C15H21N3O. The van der Waals surface area contributed by atoms with Gasteiger partial charge in [-0.2, -0.15) is 5.26 Å². The van der Waals surface area contributed by atoms with Crippen molar-refractivity contribution in [3.63, 3.8) is 0 Å². The highest BCUT2D eigenvalue weighted by molar-refractivity contribution is 5.76. The largest absolute Gasteiger partial charge is 0.383 e. The van der Waals surface area contributed by atoms with Crippen LogP contribution in [0.1, 0.15) is 31.4 Å². The molecule has 1 rings (SSSR count). The van der Waals surface area contributed by atoms with Gasteiger partial charge in [0, 0.05) is 26.1 Å². The van der Waals surface area contributed by atoms with Gasteiger partial charge in [0.15, 0.2) is 0 Å². The molecule has 0 saturated carbocycles. The van der Waals surface area contributed by atoms with Gasteiger partial charge in [-0.3, -0.25) is 4.79 Å². The van der Waals surface area contributed by atoms with Crippen molar-refractivity contribution in [3.8, 4) is 6.07 Å². The molecule has 0 bridgehead atoms. The van der Waals surface area contributed by atoms with Gasteiger partial charge in [0.1, 0.15) is 6.07 Å². The number of nitriles is 1. The summed E-state index contributed by atoms with van der Waals surface area (Å²) in [5.41, 5.74) is 2.47. The van der Waals surface area contributed by atoms with Crippen LogP contribution in [-0.2, 0) is 4.79 Å². The third-order valence-electron chi connectivity index (χ3n) is 3.07. The maximum absolute atomic E-state index is 11.8. The van der Waals surface area contributed by atoms with Crippen LogP contribution in [0.5, 0.6) is 0 Å². The number of nitrogens with zero attached hydrogens (tertiary/aromatic N) is 2. The normalized spacial score (nSPS) is 9.79. The standard InChI is InChI=1S/C15H21N3O/c1-4-18(5-2)15(19)8-9-17-14-7-6-12(3)10-13(14)11-16/h6-7,10,17H,4-5,8-9H2,1-3H3. The Bertz CT molecular complexity index is 473. The molecule has 1 amide bonds. The number of carbonyl (C=O) groups excluding carboxylic acids is 1. The first-order valence-electron chi connectivity index (χ1n) is 6.64. The number of benzene rings is 1. The lowest BCUT2D eigenvalue weighted by Gasteiger charge is -2.18. The predicted octanol–water partition coefficient (Wildman–Crippen LogP) is 2.54. The number of anilines is 1. The summed E-state index contributed by atoms with van der Waals surface area (Å²) >= 11 is 0. The lowest BCUT2D eigenvalue weighted by molar-refractivity contribution is -0.130. The van der Waals surface area contributed by atoms with Gasteiger partial charge in [-0.1, -0.05) is 6.07 Å². The van der Waals surface area contributed by atoms with Gasteiger partial charge in [0.2, 0.25) is 5.91 Å². The number of rotatable bonds is 6. The van der Waals surface area contributed by atoms with E-state index in [-0.39, 0.29) is 5.91 Å². The Labute approximate surface area is 115 Å². The predicted molar refractivity (Wildman–Crippen MR) is 76.9 cm³/mol. The number of hydrogen-bond acceptors (Lipinski definition) is 3. The molecule has 0 atom stereocenters. The van der Waals surface area contributed by atoms with Gasteiger partial charge in [-0.25, -0.2) is 0 Å². The van der Waals surface area contributed by atoms with E-state index < -0.39 is 0 Å². The van der Waals surface area contributed by atoms with Crippen molar-refractivity contribution >= 4 is 11.6 Å². The van der Waals surface area contributed by atoms with Crippen LogP contribution >= 0.6 is 0 Å². The van der Waals surface area contributed by atoms with E-state index in [4.69, 9.17) is 5.26 Å². The molecule has 4 heteroatoms. The molecule has 1 N–H and O–H groups in total. The molecule has 0 saturated heterocycles.